The molecule has 0 unspecified atom stereocenters. The average molecular weight is 483 g/mol. The number of hydrogen-bond donors (Lipinski definition) is 0. The summed E-state index contributed by atoms with van der Waals surface area (Å²) < 4.78 is 10.8. The number of amides is 1. The van der Waals surface area contributed by atoms with E-state index in [2.05, 4.69) is 62.2 Å². The summed E-state index contributed by atoms with van der Waals surface area (Å²) in [5, 5.41) is 1.91. The van der Waals surface area contributed by atoms with Gasteiger partial charge in [-0.05, 0) is 70.3 Å². The summed E-state index contributed by atoms with van der Waals surface area (Å²) >= 11 is 0. The van der Waals surface area contributed by atoms with E-state index in [1.807, 2.05) is 37.3 Å². The van der Waals surface area contributed by atoms with Crippen LogP contribution in [0.1, 0.15) is 38.3 Å². The third kappa shape index (κ3) is 5.68. The zero-order valence-electron chi connectivity index (χ0n) is 22.0. The van der Waals surface area contributed by atoms with Crippen molar-refractivity contribution >= 4 is 22.5 Å². The molecule has 3 aromatic carbocycles. The molecule has 0 atom stereocenters. The first kappa shape index (κ1) is 25.2. The highest BCUT2D eigenvalue weighted by molar-refractivity contribution is 6.02. The molecule has 4 rings (SSSR count). The van der Waals surface area contributed by atoms with E-state index in [-0.39, 0.29) is 11.3 Å². The normalized spacial score (nSPS) is 11.4. The van der Waals surface area contributed by atoms with E-state index in [0.717, 1.165) is 44.5 Å². The highest BCUT2D eigenvalue weighted by Crippen LogP contribution is 2.32. The van der Waals surface area contributed by atoms with E-state index in [1.54, 1.807) is 25.3 Å². The van der Waals surface area contributed by atoms with Crippen molar-refractivity contribution < 1.29 is 14.3 Å². The fourth-order valence-electron chi connectivity index (χ4n) is 4.35. The van der Waals surface area contributed by atoms with Crippen LogP contribution in [0.25, 0.3) is 21.9 Å². The second-order valence-electron chi connectivity index (χ2n) is 10.3. The molecular weight excluding hydrogens is 448 g/mol. The first-order chi connectivity index (χ1) is 17.2. The van der Waals surface area contributed by atoms with Gasteiger partial charge in [0.2, 0.25) is 5.91 Å². The van der Waals surface area contributed by atoms with Crippen molar-refractivity contribution in [3.05, 3.63) is 84.1 Å². The average Bonchev–Trinajstić information content (AvgIpc) is 2.86. The van der Waals surface area contributed by atoms with Gasteiger partial charge in [0, 0.05) is 18.0 Å². The Morgan fingerprint density at radius 3 is 2.25 bits per heavy atom. The van der Waals surface area contributed by atoms with Crippen LogP contribution in [0.15, 0.2) is 72.9 Å². The quantitative estimate of drug-likeness (QED) is 0.280. The number of fused-ring (bicyclic) bond motifs is 1. The molecule has 186 valence electrons. The second-order valence-corrected chi connectivity index (χ2v) is 10.3. The van der Waals surface area contributed by atoms with Crippen LogP contribution in [0, 0.1) is 12.3 Å². The lowest BCUT2D eigenvalue weighted by Gasteiger charge is -2.27. The molecule has 0 radical (unpaired) electrons. The predicted octanol–water partition coefficient (Wildman–Crippen LogP) is 7.20. The van der Waals surface area contributed by atoms with Gasteiger partial charge >= 0.3 is 0 Å². The number of carbonyl (C=O) groups excluding carboxylic acids is 1. The minimum atomic E-state index is -0.145. The molecule has 0 aliphatic heterocycles. The van der Waals surface area contributed by atoms with Crippen LogP contribution in [-0.4, -0.2) is 25.1 Å². The minimum Gasteiger partial charge on any atom is -0.497 e. The Morgan fingerprint density at radius 1 is 0.889 bits per heavy atom. The van der Waals surface area contributed by atoms with E-state index in [1.165, 1.54) is 0 Å². The third-order valence-electron chi connectivity index (χ3n) is 6.21. The Morgan fingerprint density at radius 2 is 1.61 bits per heavy atom. The van der Waals surface area contributed by atoms with Gasteiger partial charge in [-0.25, -0.2) is 4.98 Å². The molecule has 0 fully saturated rings. The fraction of sp³-hybridized carbons (Fsp3) is 0.290. The first-order valence-corrected chi connectivity index (χ1v) is 12.2. The molecule has 1 aromatic heterocycles. The molecule has 0 aliphatic rings. The number of nitrogens with zero attached hydrogens (tertiary/aromatic N) is 2. The number of carbonyl (C=O) groups is 1. The molecule has 0 spiro atoms. The maximum atomic E-state index is 13.6. The minimum absolute atomic E-state index is 0.0418. The Hall–Kier alpha value is -3.86. The Bertz CT molecular complexity index is 1370. The van der Waals surface area contributed by atoms with Gasteiger partial charge in [-0.2, -0.15) is 0 Å². The zero-order chi connectivity index (χ0) is 25.9. The largest absolute Gasteiger partial charge is 0.497 e. The molecule has 0 saturated carbocycles. The SMILES string of the molecule is COc1ccc2ccnc(N(Cc3ccc(-c4ccc(OC)c(C)c4)cc3)C(=O)CC(C)(C)C)c2c1. The molecule has 0 aliphatic carbocycles. The molecule has 1 heterocycles. The number of aromatic nitrogens is 1. The van der Waals surface area contributed by atoms with Gasteiger partial charge in [0.05, 0.1) is 20.8 Å². The maximum absolute atomic E-state index is 13.6. The monoisotopic (exact) mass is 482 g/mol. The van der Waals surface area contributed by atoms with Crippen molar-refractivity contribution in [2.24, 2.45) is 5.41 Å². The standard InChI is InChI=1S/C31H34N2O3/c1-21-17-25(12-14-28(21)36-6)23-9-7-22(8-10-23)20-33(29(34)19-31(2,3)4)30-27-18-26(35-5)13-11-24(27)15-16-32-30/h7-18H,19-20H2,1-6H3. The molecule has 4 aromatic rings. The van der Waals surface area contributed by atoms with Crippen LogP contribution in [0.5, 0.6) is 11.5 Å². The van der Waals surface area contributed by atoms with Gasteiger partial charge in [0.15, 0.2) is 0 Å². The number of hydrogen-bond acceptors (Lipinski definition) is 4. The number of anilines is 1. The number of pyridine rings is 1. The lowest BCUT2D eigenvalue weighted by atomic mass is 9.91. The van der Waals surface area contributed by atoms with E-state index in [0.29, 0.717) is 18.8 Å². The molecule has 5 nitrogen and oxygen atoms in total. The van der Waals surface area contributed by atoms with Crippen LogP contribution < -0.4 is 14.4 Å². The summed E-state index contributed by atoms with van der Waals surface area (Å²) in [6.45, 7) is 8.71. The Kier molecular flexibility index (Phi) is 7.30. The first-order valence-electron chi connectivity index (χ1n) is 12.2. The lowest BCUT2D eigenvalue weighted by molar-refractivity contribution is -0.120. The number of ether oxygens (including phenoxy) is 2. The number of rotatable bonds is 7. The smallest absolute Gasteiger partial charge is 0.229 e. The predicted molar refractivity (Wildman–Crippen MR) is 147 cm³/mol. The van der Waals surface area contributed by atoms with E-state index < -0.39 is 0 Å². The molecule has 0 bridgehead atoms. The van der Waals surface area contributed by atoms with Crippen LogP contribution in [0.4, 0.5) is 5.82 Å². The van der Waals surface area contributed by atoms with Crippen LogP contribution in [0.3, 0.4) is 0 Å². The highest BCUT2D eigenvalue weighted by atomic mass is 16.5. The van der Waals surface area contributed by atoms with Gasteiger partial charge < -0.3 is 9.47 Å². The highest BCUT2D eigenvalue weighted by Gasteiger charge is 2.25. The van der Waals surface area contributed by atoms with Crippen LogP contribution in [0.2, 0.25) is 0 Å². The Balaban J connectivity index is 1.70. The molecule has 0 saturated heterocycles. The van der Waals surface area contributed by atoms with E-state index >= 15 is 0 Å². The van der Waals surface area contributed by atoms with Gasteiger partial charge in [0.1, 0.15) is 17.3 Å². The van der Waals surface area contributed by atoms with Crippen LogP contribution >= 0.6 is 0 Å². The lowest BCUT2D eigenvalue weighted by Crippen LogP contribution is -2.34. The molecule has 5 heteroatoms. The van der Waals surface area contributed by atoms with Gasteiger partial charge in [-0.1, -0.05) is 57.2 Å². The maximum Gasteiger partial charge on any atom is 0.229 e. The van der Waals surface area contributed by atoms with Gasteiger partial charge in [-0.15, -0.1) is 0 Å². The molecule has 0 N–H and O–H groups in total. The molecule has 1 amide bonds. The van der Waals surface area contributed by atoms with Crippen molar-refractivity contribution in [3.63, 3.8) is 0 Å². The molecular formula is C31H34N2O3. The number of methoxy groups -OCH3 is 2. The summed E-state index contributed by atoms with van der Waals surface area (Å²) in [7, 11) is 3.33. The number of benzene rings is 3. The van der Waals surface area contributed by atoms with E-state index in [9.17, 15) is 4.79 Å². The van der Waals surface area contributed by atoms with Gasteiger partial charge in [0.25, 0.3) is 0 Å². The summed E-state index contributed by atoms with van der Waals surface area (Å²) in [5.41, 5.74) is 4.23. The van der Waals surface area contributed by atoms with Crippen molar-refractivity contribution in [1.29, 1.82) is 0 Å². The van der Waals surface area contributed by atoms with Crippen LogP contribution in [-0.2, 0) is 11.3 Å². The summed E-state index contributed by atoms with van der Waals surface area (Å²) in [6, 6.07) is 22.4. The summed E-state index contributed by atoms with van der Waals surface area (Å²) in [6.07, 6.45) is 2.18. The topological polar surface area (TPSA) is 51.7 Å². The van der Waals surface area contributed by atoms with Crippen molar-refractivity contribution in [3.8, 4) is 22.6 Å². The third-order valence-corrected chi connectivity index (χ3v) is 6.21. The number of aryl methyl sites for hydroxylation is 1. The fourth-order valence-corrected chi connectivity index (χ4v) is 4.35. The van der Waals surface area contributed by atoms with Gasteiger partial charge in [-0.3, -0.25) is 9.69 Å². The summed E-state index contributed by atoms with van der Waals surface area (Å²) in [4.78, 5) is 20.1. The van der Waals surface area contributed by atoms with Crippen molar-refractivity contribution in [1.82, 2.24) is 4.98 Å². The second kappa shape index (κ2) is 10.4. The zero-order valence-corrected chi connectivity index (χ0v) is 22.0. The van der Waals surface area contributed by atoms with Crippen molar-refractivity contribution in [2.75, 3.05) is 19.1 Å². The van der Waals surface area contributed by atoms with Crippen molar-refractivity contribution in [2.45, 2.75) is 40.7 Å². The molecule has 36 heavy (non-hydrogen) atoms. The van der Waals surface area contributed by atoms with E-state index in [4.69, 9.17) is 9.47 Å². The Labute approximate surface area is 213 Å². The summed E-state index contributed by atoms with van der Waals surface area (Å²) in [5.74, 6) is 2.30.